The van der Waals surface area contributed by atoms with Gasteiger partial charge in [0, 0.05) is 18.8 Å². The van der Waals surface area contributed by atoms with Crippen LogP contribution in [0.4, 0.5) is 0 Å². The van der Waals surface area contributed by atoms with Crippen LogP contribution in [0.2, 0.25) is 0 Å². The van der Waals surface area contributed by atoms with Gasteiger partial charge in [-0.3, -0.25) is 14.4 Å². The molecule has 1 spiro atoms. The quantitative estimate of drug-likeness (QED) is 0.228. The fraction of sp³-hybridized carbons (Fsp3) is 0.585. The van der Waals surface area contributed by atoms with Crippen molar-refractivity contribution < 1.29 is 19.1 Å². The first kappa shape index (κ1) is 32.1. The van der Waals surface area contributed by atoms with Gasteiger partial charge in [-0.1, -0.05) is 107 Å². The van der Waals surface area contributed by atoms with Crippen molar-refractivity contribution in [2.75, 3.05) is 0 Å². The zero-order valence-corrected chi connectivity index (χ0v) is 28.0. The van der Waals surface area contributed by atoms with Gasteiger partial charge in [0.05, 0.1) is 23.9 Å². The van der Waals surface area contributed by atoms with E-state index in [1.54, 1.807) is 0 Å². The summed E-state index contributed by atoms with van der Waals surface area (Å²) in [5.41, 5.74) is 3.71. The SMILES string of the molecule is Cc1ccc(CC(=O)C2C3C=CC4(O3)C(C(=O)CC3CCCC(C)C3C)C(CCCC(C)Cc3ccccc3)C(=O)C24)cc1C. The van der Waals surface area contributed by atoms with Gasteiger partial charge in [-0.05, 0) is 79.0 Å². The van der Waals surface area contributed by atoms with Crippen molar-refractivity contribution in [2.45, 2.75) is 104 Å². The van der Waals surface area contributed by atoms with Gasteiger partial charge in [0.1, 0.15) is 23.0 Å². The minimum atomic E-state index is -0.966. The third kappa shape index (κ3) is 6.16. The summed E-state index contributed by atoms with van der Waals surface area (Å²) in [6.07, 6.45) is 11.4. The Labute approximate surface area is 270 Å². The molecule has 10 unspecified atom stereocenters. The van der Waals surface area contributed by atoms with E-state index >= 15 is 0 Å². The molecule has 2 aliphatic heterocycles. The Bertz CT molecular complexity index is 1440. The number of ketones is 3. The van der Waals surface area contributed by atoms with E-state index in [2.05, 4.69) is 71.0 Å². The molecule has 2 saturated carbocycles. The zero-order chi connectivity index (χ0) is 31.9. The van der Waals surface area contributed by atoms with Crippen molar-refractivity contribution in [2.24, 2.45) is 47.3 Å². The van der Waals surface area contributed by atoms with Gasteiger partial charge in [-0.2, -0.15) is 0 Å². The van der Waals surface area contributed by atoms with Gasteiger partial charge in [0.15, 0.2) is 0 Å². The summed E-state index contributed by atoms with van der Waals surface area (Å²) in [5, 5.41) is 0. The first-order chi connectivity index (χ1) is 21.6. The molecule has 2 aromatic rings. The number of hydrogen-bond acceptors (Lipinski definition) is 4. The van der Waals surface area contributed by atoms with Crippen molar-refractivity contribution in [1.29, 1.82) is 0 Å². The normalized spacial score (nSPS) is 34.2. The molecule has 4 nitrogen and oxygen atoms in total. The second-order valence-electron chi connectivity index (χ2n) is 15.3. The van der Waals surface area contributed by atoms with Crippen LogP contribution in [0.5, 0.6) is 0 Å². The maximum Gasteiger partial charge on any atom is 0.144 e. The van der Waals surface area contributed by atoms with Gasteiger partial charge in [-0.15, -0.1) is 0 Å². The molecule has 240 valence electrons. The molecule has 2 aliphatic carbocycles. The smallest absolute Gasteiger partial charge is 0.144 e. The average Bonchev–Trinajstić information content (AvgIpc) is 3.65. The van der Waals surface area contributed by atoms with E-state index in [9.17, 15) is 14.4 Å². The minimum Gasteiger partial charge on any atom is -0.361 e. The second kappa shape index (κ2) is 13.1. The minimum absolute atomic E-state index is 0.0610. The van der Waals surface area contributed by atoms with Crippen LogP contribution >= 0.6 is 0 Å². The lowest BCUT2D eigenvalue weighted by Gasteiger charge is -2.36. The Kier molecular flexibility index (Phi) is 9.35. The van der Waals surface area contributed by atoms with Gasteiger partial charge < -0.3 is 4.74 Å². The van der Waals surface area contributed by atoms with Crippen LogP contribution in [0.25, 0.3) is 0 Å². The number of ether oxygens (including phenoxy) is 1. The number of carbonyl (C=O) groups excluding carboxylic acids is 3. The number of hydrogen-bond donors (Lipinski definition) is 0. The summed E-state index contributed by atoms with van der Waals surface area (Å²) in [4.78, 5) is 43.0. The summed E-state index contributed by atoms with van der Waals surface area (Å²) in [7, 11) is 0. The lowest BCUT2D eigenvalue weighted by atomic mass is 9.68. The summed E-state index contributed by atoms with van der Waals surface area (Å²) in [5.74, 6) is 0.326. The Balaban J connectivity index is 1.23. The topological polar surface area (TPSA) is 60.4 Å². The molecule has 1 saturated heterocycles. The molecule has 45 heavy (non-hydrogen) atoms. The number of aryl methyl sites for hydroxylation is 2. The molecular formula is C41H52O4. The highest BCUT2D eigenvalue weighted by Gasteiger charge is 2.72. The van der Waals surface area contributed by atoms with Crippen molar-refractivity contribution in [3.8, 4) is 0 Å². The van der Waals surface area contributed by atoms with Crippen molar-refractivity contribution in [3.63, 3.8) is 0 Å². The Morgan fingerprint density at radius 1 is 0.978 bits per heavy atom. The number of fused-ring (bicyclic) bond motifs is 1. The predicted molar refractivity (Wildman–Crippen MR) is 179 cm³/mol. The number of benzene rings is 2. The largest absolute Gasteiger partial charge is 0.361 e. The third-order valence-electron chi connectivity index (χ3n) is 12.3. The van der Waals surface area contributed by atoms with Gasteiger partial charge in [-0.25, -0.2) is 0 Å². The van der Waals surface area contributed by atoms with Crippen LogP contribution in [-0.4, -0.2) is 29.1 Å². The third-order valence-corrected chi connectivity index (χ3v) is 12.3. The molecule has 0 amide bonds. The van der Waals surface area contributed by atoms with Crippen LogP contribution < -0.4 is 0 Å². The van der Waals surface area contributed by atoms with Crippen LogP contribution in [-0.2, 0) is 32.0 Å². The molecule has 2 bridgehead atoms. The molecular weight excluding hydrogens is 556 g/mol. The predicted octanol–water partition coefficient (Wildman–Crippen LogP) is 8.25. The number of rotatable bonds is 12. The molecule has 0 aromatic heterocycles. The van der Waals surface area contributed by atoms with E-state index in [1.165, 1.54) is 17.5 Å². The highest BCUT2D eigenvalue weighted by Crippen LogP contribution is 2.60. The second-order valence-corrected chi connectivity index (χ2v) is 15.3. The number of carbonyl (C=O) groups is 3. The van der Waals surface area contributed by atoms with Gasteiger partial charge >= 0.3 is 0 Å². The standard InChI is InChI=1S/C41H52O4/c1-25(21-30-13-7-6-8-14-30)11-9-16-33-38(35(43)24-32-15-10-12-27(3)29(32)5)41-20-19-36(45-41)37(39(41)40(33)44)34(42)23-31-18-17-26(2)28(4)22-31/h6-8,13-14,17-20,22,25,27,29,32-33,36-39H,9-12,15-16,21,23-24H2,1-5H3. The van der Waals surface area contributed by atoms with E-state index in [1.807, 2.05) is 24.3 Å². The van der Waals surface area contributed by atoms with Crippen molar-refractivity contribution in [3.05, 3.63) is 82.9 Å². The zero-order valence-electron chi connectivity index (χ0n) is 28.0. The maximum absolute atomic E-state index is 14.5. The monoisotopic (exact) mass is 608 g/mol. The van der Waals surface area contributed by atoms with Crippen LogP contribution in [0.1, 0.15) is 88.0 Å². The highest BCUT2D eigenvalue weighted by atomic mass is 16.5. The number of Topliss-reactive ketones (excluding diaryl/α,β-unsaturated/α-hetero) is 3. The van der Waals surface area contributed by atoms with E-state index in [4.69, 9.17) is 4.74 Å². The first-order valence-electron chi connectivity index (χ1n) is 17.7. The van der Waals surface area contributed by atoms with Crippen LogP contribution in [0.15, 0.2) is 60.7 Å². The molecule has 4 heteroatoms. The highest BCUT2D eigenvalue weighted by molar-refractivity contribution is 6.02. The Morgan fingerprint density at radius 3 is 2.51 bits per heavy atom. The molecule has 0 N–H and O–H groups in total. The first-order valence-corrected chi connectivity index (χ1v) is 17.7. The van der Waals surface area contributed by atoms with Crippen LogP contribution in [0.3, 0.4) is 0 Å². The van der Waals surface area contributed by atoms with Gasteiger partial charge in [0.25, 0.3) is 0 Å². The van der Waals surface area contributed by atoms with Crippen molar-refractivity contribution >= 4 is 17.3 Å². The van der Waals surface area contributed by atoms with E-state index in [0.717, 1.165) is 43.2 Å². The summed E-state index contributed by atoms with van der Waals surface area (Å²) >= 11 is 0. The fourth-order valence-corrected chi connectivity index (χ4v) is 9.44. The fourth-order valence-electron chi connectivity index (χ4n) is 9.44. The molecule has 2 aromatic carbocycles. The Morgan fingerprint density at radius 2 is 1.76 bits per heavy atom. The molecule has 10 atom stereocenters. The lowest BCUT2D eigenvalue weighted by Crippen LogP contribution is -2.44. The Hall–Kier alpha value is -2.85. The molecule has 4 aliphatic rings. The molecule has 2 heterocycles. The molecule has 0 radical (unpaired) electrons. The van der Waals surface area contributed by atoms with Crippen molar-refractivity contribution in [1.82, 2.24) is 0 Å². The van der Waals surface area contributed by atoms with E-state index < -0.39 is 29.5 Å². The summed E-state index contributed by atoms with van der Waals surface area (Å²) in [6, 6.07) is 16.7. The summed E-state index contributed by atoms with van der Waals surface area (Å²) < 4.78 is 6.70. The lowest BCUT2D eigenvalue weighted by molar-refractivity contribution is -0.136. The molecule has 3 fully saturated rings. The van der Waals surface area contributed by atoms with E-state index in [0.29, 0.717) is 36.5 Å². The van der Waals surface area contributed by atoms with E-state index in [-0.39, 0.29) is 29.7 Å². The van der Waals surface area contributed by atoms with Crippen LogP contribution in [0, 0.1) is 61.2 Å². The summed E-state index contributed by atoms with van der Waals surface area (Å²) in [6.45, 7) is 11.0. The molecule has 6 rings (SSSR count). The average molecular weight is 609 g/mol. The van der Waals surface area contributed by atoms with Gasteiger partial charge in [0.2, 0.25) is 0 Å². The maximum atomic E-state index is 14.5.